The average Bonchev–Trinajstić information content (AvgIpc) is 3.66. The number of hydrogen-bond donors (Lipinski definition) is 14. The van der Waals surface area contributed by atoms with Crippen LogP contribution in [0.5, 0.6) is 0 Å². The Hall–Kier alpha value is -6.31. The summed E-state index contributed by atoms with van der Waals surface area (Å²) in [5.41, 5.74) is 32.5. The van der Waals surface area contributed by atoms with Gasteiger partial charge >= 0.3 is 11.9 Å². The Morgan fingerprint density at radius 2 is 1.16 bits per heavy atom. The molecule has 0 aromatic heterocycles. The maximum Gasteiger partial charge on any atom is 0.326 e. The predicted octanol–water partition coefficient (Wildman–Crippen LogP) is -6.30. The SMILES string of the molecule is CC(C)C(NC(=O)C(CCCN=C(N)N)NC(=O)C1CCCN1C(=O)C(N)C(C)O)C(=O)NC(CCC(=O)O)C(=O)NC(CCCN=C(N)N)C(=O)NC(CC(N)=O)C(=O)O. The second kappa shape index (κ2) is 26.0. The lowest BCUT2D eigenvalue weighted by atomic mass is 10.0. The molecule has 1 aliphatic heterocycles. The van der Waals surface area contributed by atoms with Crippen molar-refractivity contribution >= 4 is 65.2 Å². The molecule has 7 amide bonds. The van der Waals surface area contributed by atoms with Crippen molar-refractivity contribution in [1.82, 2.24) is 31.5 Å². The summed E-state index contributed by atoms with van der Waals surface area (Å²) in [5, 5.41) is 40.9. The summed E-state index contributed by atoms with van der Waals surface area (Å²) in [4.78, 5) is 125. The van der Waals surface area contributed by atoms with Crippen molar-refractivity contribution in [1.29, 1.82) is 0 Å². The molecular formula is C35H62N14O12. The summed E-state index contributed by atoms with van der Waals surface area (Å²) in [7, 11) is 0. The van der Waals surface area contributed by atoms with Crippen LogP contribution in [0.3, 0.4) is 0 Å². The van der Waals surface area contributed by atoms with Crippen LogP contribution in [0, 0.1) is 5.92 Å². The number of nitrogens with one attached hydrogen (secondary N) is 5. The summed E-state index contributed by atoms with van der Waals surface area (Å²) in [5.74, 6) is -10.5. The number of primary amides is 1. The van der Waals surface area contributed by atoms with Crippen LogP contribution in [0.4, 0.5) is 0 Å². The van der Waals surface area contributed by atoms with E-state index in [2.05, 4.69) is 36.6 Å². The van der Waals surface area contributed by atoms with Crippen LogP contribution < -0.4 is 61.0 Å². The molecule has 26 nitrogen and oxygen atoms in total. The van der Waals surface area contributed by atoms with Gasteiger partial charge in [0.15, 0.2) is 11.9 Å². The highest BCUT2D eigenvalue weighted by molar-refractivity contribution is 5.97. The van der Waals surface area contributed by atoms with Gasteiger partial charge in [0.25, 0.3) is 0 Å². The Morgan fingerprint density at radius 3 is 1.62 bits per heavy atom. The molecule has 344 valence electrons. The van der Waals surface area contributed by atoms with E-state index in [4.69, 9.17) is 34.4 Å². The van der Waals surface area contributed by atoms with Gasteiger partial charge in [-0.15, -0.1) is 0 Å². The molecule has 8 atom stereocenters. The van der Waals surface area contributed by atoms with Gasteiger partial charge in [-0.05, 0) is 57.8 Å². The van der Waals surface area contributed by atoms with Gasteiger partial charge in [0.2, 0.25) is 41.4 Å². The quantitative estimate of drug-likeness (QED) is 0.0207. The highest BCUT2D eigenvalue weighted by Gasteiger charge is 2.39. The van der Waals surface area contributed by atoms with Gasteiger partial charge in [0.05, 0.1) is 12.5 Å². The summed E-state index contributed by atoms with van der Waals surface area (Å²) in [6.07, 6.45) is -2.49. The molecule has 0 aliphatic carbocycles. The van der Waals surface area contributed by atoms with Gasteiger partial charge in [-0.25, -0.2) is 4.79 Å². The normalized spacial score (nSPS) is 16.9. The van der Waals surface area contributed by atoms with E-state index in [9.17, 15) is 58.5 Å². The zero-order valence-corrected chi connectivity index (χ0v) is 34.5. The Kier molecular flexibility index (Phi) is 22.5. The molecule has 26 heteroatoms. The van der Waals surface area contributed by atoms with Crippen LogP contribution in [0.1, 0.15) is 78.6 Å². The molecule has 1 saturated heterocycles. The average molecular weight is 871 g/mol. The topological polar surface area (TPSA) is 459 Å². The second-order valence-electron chi connectivity index (χ2n) is 14.8. The molecule has 1 rings (SSSR count). The molecule has 0 radical (unpaired) electrons. The second-order valence-corrected chi connectivity index (χ2v) is 14.8. The van der Waals surface area contributed by atoms with E-state index in [-0.39, 0.29) is 63.7 Å². The highest BCUT2D eigenvalue weighted by Crippen LogP contribution is 2.20. The molecule has 0 aromatic carbocycles. The van der Waals surface area contributed by atoms with Crippen LogP contribution in [0.15, 0.2) is 9.98 Å². The molecule has 1 aliphatic rings. The molecule has 20 N–H and O–H groups in total. The van der Waals surface area contributed by atoms with Crippen molar-refractivity contribution in [2.24, 2.45) is 50.3 Å². The van der Waals surface area contributed by atoms with E-state index in [1.165, 1.54) is 11.8 Å². The first-order valence-electron chi connectivity index (χ1n) is 19.6. The summed E-state index contributed by atoms with van der Waals surface area (Å²) in [6.45, 7) is 4.65. The number of aliphatic hydroxyl groups is 1. The van der Waals surface area contributed by atoms with Crippen LogP contribution >= 0.6 is 0 Å². The van der Waals surface area contributed by atoms with Crippen molar-refractivity contribution in [2.75, 3.05) is 19.6 Å². The number of hydrogen-bond acceptors (Lipinski definition) is 13. The van der Waals surface area contributed by atoms with E-state index in [0.29, 0.717) is 6.42 Å². The number of carbonyl (C=O) groups excluding carboxylic acids is 7. The van der Waals surface area contributed by atoms with Gasteiger partial charge in [0.1, 0.15) is 42.3 Å². The van der Waals surface area contributed by atoms with Crippen LogP contribution in [0.25, 0.3) is 0 Å². The number of nitrogens with zero attached hydrogens (tertiary/aromatic N) is 3. The lowest BCUT2D eigenvalue weighted by molar-refractivity contribution is -0.143. The fourth-order valence-electron chi connectivity index (χ4n) is 6.05. The van der Waals surface area contributed by atoms with Gasteiger partial charge in [-0.3, -0.25) is 48.3 Å². The highest BCUT2D eigenvalue weighted by atomic mass is 16.4. The fraction of sp³-hybridized carbons (Fsp3) is 0.686. The Balaban J connectivity index is 3.39. The van der Waals surface area contributed by atoms with Crippen molar-refractivity contribution in [3.8, 4) is 0 Å². The lowest BCUT2D eigenvalue weighted by Gasteiger charge is -2.30. The summed E-state index contributed by atoms with van der Waals surface area (Å²) in [6, 6.07) is -9.96. The van der Waals surface area contributed by atoms with Crippen LogP contribution in [0.2, 0.25) is 0 Å². The van der Waals surface area contributed by atoms with Gasteiger partial charge < -0.3 is 81.2 Å². The minimum absolute atomic E-state index is 0.0233. The van der Waals surface area contributed by atoms with Gasteiger partial charge in [-0.2, -0.15) is 0 Å². The number of amides is 7. The molecule has 8 unspecified atom stereocenters. The monoisotopic (exact) mass is 870 g/mol. The van der Waals surface area contributed by atoms with Crippen molar-refractivity contribution in [2.45, 2.75) is 127 Å². The fourth-order valence-corrected chi connectivity index (χ4v) is 6.05. The van der Waals surface area contributed by atoms with Gasteiger partial charge in [-0.1, -0.05) is 13.8 Å². The number of carbonyl (C=O) groups is 9. The number of nitrogens with two attached hydrogens (primary N) is 6. The van der Waals surface area contributed by atoms with Gasteiger partial charge in [0, 0.05) is 26.1 Å². The van der Waals surface area contributed by atoms with Crippen LogP contribution in [-0.2, 0) is 43.2 Å². The number of aliphatic hydroxyl groups excluding tert-OH is 1. The zero-order valence-electron chi connectivity index (χ0n) is 34.5. The molecule has 0 spiro atoms. The maximum absolute atomic E-state index is 13.9. The molecule has 61 heavy (non-hydrogen) atoms. The first kappa shape index (κ1) is 52.7. The minimum Gasteiger partial charge on any atom is -0.481 e. The maximum atomic E-state index is 13.9. The summed E-state index contributed by atoms with van der Waals surface area (Å²) < 4.78 is 0. The third-order valence-electron chi connectivity index (χ3n) is 9.35. The third kappa shape index (κ3) is 19.1. The number of likely N-dealkylation sites (tertiary alicyclic amines) is 1. The standard InChI is InChI=1S/C35H62N14O12/c1-16(2)26(48-29(56)19(8-5-13-43-35(40)41)45-30(57)22-9-6-14-49(22)32(59)25(37)17(3)50)31(58)46-20(10-11-24(52)53)28(55)44-18(7-4-12-42-34(38)39)27(54)47-21(33(60)61)15-23(36)51/h16-22,25-26,50H,4-15,37H2,1-3H3,(H2,36,51)(H,44,55)(H,45,57)(H,46,58)(H,47,54)(H,48,56)(H,52,53)(H,60,61)(H4,38,39,42)(H4,40,41,43). The predicted molar refractivity (Wildman–Crippen MR) is 217 cm³/mol. The van der Waals surface area contributed by atoms with Crippen molar-refractivity contribution < 1.29 is 58.5 Å². The third-order valence-corrected chi connectivity index (χ3v) is 9.35. The molecule has 1 fully saturated rings. The van der Waals surface area contributed by atoms with Crippen molar-refractivity contribution in [3.05, 3.63) is 0 Å². The van der Waals surface area contributed by atoms with E-state index in [0.717, 1.165) is 0 Å². The van der Waals surface area contributed by atoms with E-state index in [1.807, 2.05) is 0 Å². The number of rotatable bonds is 27. The molecule has 0 saturated carbocycles. The van der Waals surface area contributed by atoms with Crippen molar-refractivity contribution in [3.63, 3.8) is 0 Å². The summed E-state index contributed by atoms with van der Waals surface area (Å²) >= 11 is 0. The van der Waals surface area contributed by atoms with E-state index < -0.39 is 127 Å². The number of aliphatic imine (C=N–C) groups is 2. The molecular weight excluding hydrogens is 808 g/mol. The largest absolute Gasteiger partial charge is 0.481 e. The van der Waals surface area contributed by atoms with E-state index in [1.54, 1.807) is 13.8 Å². The zero-order chi connectivity index (χ0) is 46.6. The minimum atomic E-state index is -1.77. The van der Waals surface area contributed by atoms with Crippen LogP contribution in [-0.4, -0.2) is 153 Å². The number of carboxylic acids is 2. The smallest absolute Gasteiger partial charge is 0.326 e. The number of carboxylic acid groups (broad SMARTS) is 2. The first-order chi connectivity index (χ1) is 28.5. The number of guanidine groups is 2. The molecule has 1 heterocycles. The Morgan fingerprint density at radius 1 is 0.689 bits per heavy atom. The molecule has 0 bridgehead atoms. The Bertz CT molecular complexity index is 1630. The van der Waals surface area contributed by atoms with E-state index >= 15 is 0 Å². The number of aliphatic carboxylic acids is 2. The first-order valence-corrected chi connectivity index (χ1v) is 19.6. The Labute approximate surface area is 351 Å². The lowest BCUT2D eigenvalue weighted by Crippen LogP contribution is -2.60. The molecule has 0 aromatic rings.